The van der Waals surface area contributed by atoms with E-state index >= 15 is 0 Å². The zero-order chi connectivity index (χ0) is 38.4. The summed E-state index contributed by atoms with van der Waals surface area (Å²) in [7, 11) is 0. The zero-order valence-electron chi connectivity index (χ0n) is 24.8. The van der Waals surface area contributed by atoms with Crippen LogP contribution < -0.4 is 0 Å². The maximum atomic E-state index is 10.1. The number of aldehydes is 4. The first kappa shape index (κ1) is 51.3. The Balaban J connectivity index is -0.000000263. The number of carbonyl (C=O) groups excluding carboxylic acids is 4. The Morgan fingerprint density at radius 3 is 0.872 bits per heavy atom. The topological polar surface area (TPSA) is 449 Å². The third-order valence-electron chi connectivity index (χ3n) is 5.50. The number of aliphatic carboxylic acids is 1. The average Bonchev–Trinajstić information content (AvgIpc) is 3.06. The Kier molecular flexibility index (Phi) is 29.9. The summed E-state index contributed by atoms with van der Waals surface area (Å²) in [5.41, 5.74) is 0. The second-order valence-electron chi connectivity index (χ2n) is 9.45. The fourth-order valence-electron chi connectivity index (χ4n) is 2.37. The first-order chi connectivity index (χ1) is 21.5. The molecule has 0 saturated carbocycles. The van der Waals surface area contributed by atoms with Crippen LogP contribution in [0.1, 0.15) is 13.8 Å². The maximum Gasteiger partial charge on any atom is 0.335 e. The maximum absolute atomic E-state index is 10.1. The number of hydrogen-bond donors (Lipinski definition) is 18. The molecular formula is C24H46O23. The number of carboxylic acids is 1. The van der Waals surface area contributed by atoms with Gasteiger partial charge in [0, 0.05) is 0 Å². The molecule has 23 heteroatoms. The van der Waals surface area contributed by atoms with Crippen molar-refractivity contribution < 1.29 is 116 Å². The van der Waals surface area contributed by atoms with Crippen molar-refractivity contribution >= 4 is 31.1 Å². The van der Waals surface area contributed by atoms with Crippen molar-refractivity contribution in [2.45, 2.75) is 112 Å². The van der Waals surface area contributed by atoms with Crippen LogP contribution in [0.2, 0.25) is 0 Å². The summed E-state index contributed by atoms with van der Waals surface area (Å²) in [6, 6.07) is 0. The summed E-state index contributed by atoms with van der Waals surface area (Å²) < 4.78 is 0. The van der Waals surface area contributed by atoms with Gasteiger partial charge in [-0.1, -0.05) is 0 Å². The van der Waals surface area contributed by atoms with E-state index in [1.807, 2.05) is 0 Å². The highest BCUT2D eigenvalue weighted by atomic mass is 16.4. The first-order valence-electron chi connectivity index (χ1n) is 13.0. The number of carbonyl (C=O) groups is 5. The van der Waals surface area contributed by atoms with Crippen LogP contribution in [-0.2, 0) is 24.0 Å². The lowest BCUT2D eigenvalue weighted by molar-refractivity contribution is -0.163. The van der Waals surface area contributed by atoms with E-state index < -0.39 is 110 Å². The van der Waals surface area contributed by atoms with Gasteiger partial charge in [-0.3, -0.25) is 0 Å². The summed E-state index contributed by atoms with van der Waals surface area (Å²) in [4.78, 5) is 49.6. The number of rotatable bonds is 18. The molecule has 0 aromatic heterocycles. The Morgan fingerprint density at radius 2 is 0.681 bits per heavy atom. The van der Waals surface area contributed by atoms with E-state index in [2.05, 4.69) is 0 Å². The second-order valence-corrected chi connectivity index (χ2v) is 9.45. The molecule has 23 nitrogen and oxygen atoms in total. The molecule has 18 N–H and O–H groups in total. The van der Waals surface area contributed by atoms with E-state index in [1.54, 1.807) is 0 Å². The molecule has 0 aromatic rings. The summed E-state index contributed by atoms with van der Waals surface area (Å²) in [6.07, 6.45) is -27.0. The zero-order valence-corrected chi connectivity index (χ0v) is 24.8. The minimum Gasteiger partial charge on any atom is -0.479 e. The Hall–Kier alpha value is -2.53. The molecule has 0 aliphatic carbocycles. The lowest BCUT2D eigenvalue weighted by atomic mass is 10.0. The van der Waals surface area contributed by atoms with Gasteiger partial charge in [0.2, 0.25) is 0 Å². The van der Waals surface area contributed by atoms with E-state index in [0.717, 1.165) is 0 Å². The van der Waals surface area contributed by atoms with E-state index in [0.29, 0.717) is 0 Å². The molecule has 0 rings (SSSR count). The highest BCUT2D eigenvalue weighted by Gasteiger charge is 2.34. The molecule has 0 spiro atoms. The summed E-state index contributed by atoms with van der Waals surface area (Å²) >= 11 is 0. The number of hydrogen-bond acceptors (Lipinski definition) is 22. The fourth-order valence-corrected chi connectivity index (χ4v) is 2.37. The minimum atomic E-state index is -2.25. The average molecular weight is 703 g/mol. The molecule has 47 heavy (non-hydrogen) atoms. The van der Waals surface area contributed by atoms with Crippen molar-refractivity contribution in [1.29, 1.82) is 0 Å². The lowest BCUT2D eigenvalue weighted by Gasteiger charge is -2.22. The molecule has 0 aliphatic rings. The predicted octanol–water partition coefficient (Wildman–Crippen LogP) is -11.4. The van der Waals surface area contributed by atoms with Crippen LogP contribution in [-0.4, -0.2) is 227 Å². The summed E-state index contributed by atoms with van der Waals surface area (Å²) in [5.74, 6) is -1.76. The third kappa shape index (κ3) is 21.1. The normalized spacial score (nSPS) is 21.2. The van der Waals surface area contributed by atoms with Crippen molar-refractivity contribution in [2.24, 2.45) is 0 Å². The molecule has 0 fully saturated rings. The van der Waals surface area contributed by atoms with Crippen molar-refractivity contribution in [3.63, 3.8) is 0 Å². The van der Waals surface area contributed by atoms with Gasteiger partial charge in [-0.15, -0.1) is 0 Å². The number of carboxylic acid groups (broad SMARTS) is 1. The van der Waals surface area contributed by atoms with Gasteiger partial charge in [-0.25, -0.2) is 4.79 Å². The SMILES string of the molecule is C[C@H](O)[C@@H](O)[C@@H](O)[C@H](O)C=O.C[C@H](O)[C@H](O)[C@@H](O)[C@@H](O)C=O.O=C[C@H](O)[C@@H](O)[C@H](O)[C@H](O)C(=O)O.O=C[C@H](O)[C@@H](O)[C@H](O)[C@H](O)CO. The second kappa shape index (κ2) is 27.4. The Morgan fingerprint density at radius 1 is 0.447 bits per heavy atom. The van der Waals surface area contributed by atoms with Crippen LogP contribution in [0.3, 0.4) is 0 Å². The highest BCUT2D eigenvalue weighted by Crippen LogP contribution is 2.05. The van der Waals surface area contributed by atoms with Gasteiger partial charge in [0.25, 0.3) is 0 Å². The molecular weight excluding hydrogens is 656 g/mol. The van der Waals surface area contributed by atoms with Crippen LogP contribution >= 0.6 is 0 Å². The van der Waals surface area contributed by atoms with Gasteiger partial charge in [-0.05, 0) is 13.8 Å². The molecule has 0 heterocycles. The van der Waals surface area contributed by atoms with E-state index in [1.165, 1.54) is 13.8 Å². The van der Waals surface area contributed by atoms with Gasteiger partial charge in [-0.2, -0.15) is 0 Å². The standard InChI is InChI=1S/C6H10O7.C6H12O6.2C6H12O5/c7-1-2(8)3(9)4(10)5(11)6(12)13;7-1-3(9)5(11)6(12)4(10)2-8;2*1-3(8)5(10)6(11)4(9)2-7/h1-5,8-11H,(H,12,13);1,3-6,8-12H,2H2;2*2-6,8-11H,1H3/t2-,3+,4-,5-;3-,4+,5+,6+;3-,4+,5+,6-;3-,4-,5-,6-/m0000/s1. The van der Waals surface area contributed by atoms with Gasteiger partial charge in [0.15, 0.2) is 31.2 Å². The Labute approximate surface area is 265 Å². The van der Waals surface area contributed by atoms with Crippen molar-refractivity contribution in [2.75, 3.05) is 6.61 Å². The third-order valence-corrected chi connectivity index (χ3v) is 5.50. The fraction of sp³-hybridized carbons (Fsp3) is 0.792. The van der Waals surface area contributed by atoms with E-state index in [4.69, 9.17) is 91.9 Å². The molecule has 0 saturated heterocycles. The number of aliphatic hydroxyl groups excluding tert-OH is 17. The van der Waals surface area contributed by atoms with Crippen molar-refractivity contribution in [3.8, 4) is 0 Å². The molecule has 0 radical (unpaired) electrons. The van der Waals surface area contributed by atoms with Crippen LogP contribution in [0, 0.1) is 0 Å². The lowest BCUT2D eigenvalue weighted by Crippen LogP contribution is -2.48. The van der Waals surface area contributed by atoms with Gasteiger partial charge < -0.3 is 111 Å². The molecule has 0 bridgehead atoms. The number of aliphatic hydroxyl groups is 17. The quantitative estimate of drug-likeness (QED) is 0.0589. The van der Waals surface area contributed by atoms with Gasteiger partial charge in [0.1, 0.15) is 79.4 Å². The van der Waals surface area contributed by atoms with Gasteiger partial charge >= 0.3 is 5.97 Å². The van der Waals surface area contributed by atoms with Crippen molar-refractivity contribution in [1.82, 2.24) is 0 Å². The van der Waals surface area contributed by atoms with Crippen LogP contribution in [0.15, 0.2) is 0 Å². The van der Waals surface area contributed by atoms with E-state index in [-0.39, 0.29) is 25.1 Å². The predicted molar refractivity (Wildman–Crippen MR) is 146 cm³/mol. The Bertz CT molecular complexity index is 814. The monoisotopic (exact) mass is 702 g/mol. The first-order valence-corrected chi connectivity index (χ1v) is 13.0. The molecule has 16 atom stereocenters. The molecule has 0 unspecified atom stereocenters. The van der Waals surface area contributed by atoms with Gasteiger partial charge in [0.05, 0.1) is 18.8 Å². The molecule has 0 aromatic carbocycles. The molecule has 280 valence electrons. The summed E-state index contributed by atoms with van der Waals surface area (Å²) in [6.45, 7) is 1.72. The summed E-state index contributed by atoms with van der Waals surface area (Å²) in [5, 5.41) is 157. The largest absolute Gasteiger partial charge is 0.479 e. The van der Waals surface area contributed by atoms with Crippen LogP contribution in [0.5, 0.6) is 0 Å². The molecule has 0 amide bonds. The van der Waals surface area contributed by atoms with E-state index in [9.17, 15) is 24.0 Å². The highest BCUT2D eigenvalue weighted by molar-refractivity contribution is 5.73. The smallest absolute Gasteiger partial charge is 0.335 e. The molecule has 0 aliphatic heterocycles. The minimum absolute atomic E-state index is 0.0258. The van der Waals surface area contributed by atoms with Crippen LogP contribution in [0.25, 0.3) is 0 Å². The van der Waals surface area contributed by atoms with Crippen molar-refractivity contribution in [3.05, 3.63) is 0 Å². The van der Waals surface area contributed by atoms with Crippen LogP contribution in [0.4, 0.5) is 0 Å².